The molecule has 0 spiro atoms. The van der Waals surface area contributed by atoms with Crippen LogP contribution in [-0.2, 0) is 0 Å². The van der Waals surface area contributed by atoms with Gasteiger partial charge in [-0.2, -0.15) is 0 Å². The smallest absolute Gasteiger partial charge is 0.237 e. The zero-order chi connectivity index (χ0) is 14.7. The molecule has 0 unspecified atom stereocenters. The Balaban J connectivity index is 2.39. The molecule has 102 valence electrons. The maximum absolute atomic E-state index is 12.1. The van der Waals surface area contributed by atoms with Gasteiger partial charge in [0.05, 0.1) is 12.7 Å². The fraction of sp³-hybridized carbons (Fsp3) is 0.0667. The summed E-state index contributed by atoms with van der Waals surface area (Å²) in [5.74, 6) is -2.38. The average Bonchev–Trinajstić information content (AvgIpc) is 2.48. The monoisotopic (exact) mass is 272 g/mol. The third-order valence-corrected chi connectivity index (χ3v) is 2.78. The van der Waals surface area contributed by atoms with Crippen LogP contribution in [0.25, 0.3) is 0 Å². The highest BCUT2D eigenvalue weighted by molar-refractivity contribution is 6.49. The number of hydrogen-bond acceptors (Lipinski definition) is 5. The van der Waals surface area contributed by atoms with Crippen molar-refractivity contribution in [2.75, 3.05) is 7.11 Å². The highest BCUT2D eigenvalue weighted by Gasteiger charge is 2.23. The summed E-state index contributed by atoms with van der Waals surface area (Å²) in [6.07, 6.45) is 0. The predicted molar refractivity (Wildman–Crippen MR) is 71.4 cm³/mol. The summed E-state index contributed by atoms with van der Waals surface area (Å²) < 4.78 is 4.80. The molecule has 0 bridgehead atoms. The van der Waals surface area contributed by atoms with Gasteiger partial charge in [-0.1, -0.05) is 30.3 Å². The van der Waals surface area contributed by atoms with Gasteiger partial charge in [-0.05, 0) is 6.07 Å². The first-order valence-corrected chi connectivity index (χ1v) is 5.78. The SMILES string of the molecule is COc1cc(O)c(C(=O)C(=O)c2ccccc2)cc1O. The summed E-state index contributed by atoms with van der Waals surface area (Å²) in [4.78, 5) is 24.0. The number of ether oxygens (including phenoxy) is 1. The number of aromatic hydroxyl groups is 2. The van der Waals surface area contributed by atoms with E-state index in [-0.39, 0.29) is 22.6 Å². The average molecular weight is 272 g/mol. The minimum atomic E-state index is -0.897. The van der Waals surface area contributed by atoms with Crippen LogP contribution < -0.4 is 4.74 Å². The van der Waals surface area contributed by atoms with Crippen LogP contribution in [0.4, 0.5) is 0 Å². The number of Topliss-reactive ketones (excluding diaryl/α,β-unsaturated/α-hetero) is 2. The van der Waals surface area contributed by atoms with Crippen molar-refractivity contribution in [3.8, 4) is 17.2 Å². The number of ketones is 2. The topological polar surface area (TPSA) is 83.8 Å². The van der Waals surface area contributed by atoms with E-state index in [1.165, 1.54) is 19.2 Å². The molecule has 0 fully saturated rings. The minimum absolute atomic E-state index is 0.0196. The van der Waals surface area contributed by atoms with E-state index in [2.05, 4.69) is 0 Å². The number of methoxy groups -OCH3 is 1. The molecule has 0 heterocycles. The van der Waals surface area contributed by atoms with E-state index < -0.39 is 17.3 Å². The normalized spacial score (nSPS) is 10.1. The number of phenols is 2. The van der Waals surface area contributed by atoms with Crippen LogP contribution in [0.3, 0.4) is 0 Å². The van der Waals surface area contributed by atoms with Crippen LogP contribution in [0, 0.1) is 0 Å². The van der Waals surface area contributed by atoms with Gasteiger partial charge in [-0.3, -0.25) is 9.59 Å². The van der Waals surface area contributed by atoms with E-state index in [0.29, 0.717) is 0 Å². The molecule has 5 nitrogen and oxygen atoms in total. The second kappa shape index (κ2) is 5.44. The second-order valence-corrected chi connectivity index (χ2v) is 4.07. The maximum Gasteiger partial charge on any atom is 0.237 e. The third-order valence-electron chi connectivity index (χ3n) is 2.78. The number of hydrogen-bond donors (Lipinski definition) is 2. The quantitative estimate of drug-likeness (QED) is 0.506. The molecule has 0 radical (unpaired) electrons. The van der Waals surface area contributed by atoms with Crippen molar-refractivity contribution in [2.24, 2.45) is 0 Å². The zero-order valence-corrected chi connectivity index (χ0v) is 10.7. The molecule has 0 aliphatic carbocycles. The second-order valence-electron chi connectivity index (χ2n) is 4.07. The van der Waals surface area contributed by atoms with Crippen molar-refractivity contribution in [2.45, 2.75) is 0 Å². The molecule has 0 aliphatic heterocycles. The van der Waals surface area contributed by atoms with E-state index >= 15 is 0 Å². The molecule has 0 saturated heterocycles. The van der Waals surface area contributed by atoms with Gasteiger partial charge in [0.2, 0.25) is 11.6 Å². The first kappa shape index (κ1) is 13.6. The van der Waals surface area contributed by atoms with Crippen LogP contribution >= 0.6 is 0 Å². The Morgan fingerprint density at radius 2 is 1.60 bits per heavy atom. The van der Waals surface area contributed by atoms with Crippen LogP contribution in [-0.4, -0.2) is 28.9 Å². The van der Waals surface area contributed by atoms with Gasteiger partial charge in [-0.25, -0.2) is 0 Å². The Kier molecular flexibility index (Phi) is 3.70. The number of phenolic OH excluding ortho intramolecular Hbond substituents is 2. The Bertz CT molecular complexity index is 661. The summed E-state index contributed by atoms with van der Waals surface area (Å²) in [6.45, 7) is 0. The third kappa shape index (κ3) is 2.47. The van der Waals surface area contributed by atoms with Crippen molar-refractivity contribution < 1.29 is 24.5 Å². The lowest BCUT2D eigenvalue weighted by molar-refractivity contribution is 0.0815. The molecule has 2 aromatic carbocycles. The van der Waals surface area contributed by atoms with Crippen LogP contribution in [0.1, 0.15) is 20.7 Å². The van der Waals surface area contributed by atoms with Crippen molar-refractivity contribution in [1.82, 2.24) is 0 Å². The minimum Gasteiger partial charge on any atom is -0.507 e. The van der Waals surface area contributed by atoms with Crippen LogP contribution in [0.15, 0.2) is 42.5 Å². The van der Waals surface area contributed by atoms with Gasteiger partial charge in [0.25, 0.3) is 0 Å². The van der Waals surface area contributed by atoms with E-state index in [1.54, 1.807) is 18.2 Å². The van der Waals surface area contributed by atoms with Gasteiger partial charge in [0.15, 0.2) is 11.5 Å². The van der Waals surface area contributed by atoms with Crippen LogP contribution in [0.2, 0.25) is 0 Å². The highest BCUT2D eigenvalue weighted by atomic mass is 16.5. The van der Waals surface area contributed by atoms with E-state index in [9.17, 15) is 19.8 Å². The molecule has 2 aromatic rings. The van der Waals surface area contributed by atoms with Gasteiger partial charge >= 0.3 is 0 Å². The molecule has 0 aromatic heterocycles. The maximum atomic E-state index is 12.1. The molecule has 20 heavy (non-hydrogen) atoms. The van der Waals surface area contributed by atoms with Gasteiger partial charge in [0, 0.05) is 11.6 Å². The lowest BCUT2D eigenvalue weighted by Crippen LogP contribution is -2.14. The summed E-state index contributed by atoms with van der Waals surface area (Å²) >= 11 is 0. The first-order chi connectivity index (χ1) is 9.54. The fourth-order valence-corrected chi connectivity index (χ4v) is 1.75. The summed E-state index contributed by atoms with van der Waals surface area (Å²) in [7, 11) is 1.31. The number of carbonyl (C=O) groups is 2. The Morgan fingerprint density at radius 1 is 0.950 bits per heavy atom. The molecular formula is C15H12O5. The highest BCUT2D eigenvalue weighted by Crippen LogP contribution is 2.33. The molecule has 5 heteroatoms. The zero-order valence-electron chi connectivity index (χ0n) is 10.7. The van der Waals surface area contributed by atoms with E-state index in [1.807, 2.05) is 0 Å². The Hall–Kier alpha value is -2.82. The van der Waals surface area contributed by atoms with Crippen molar-refractivity contribution in [3.63, 3.8) is 0 Å². The van der Waals surface area contributed by atoms with Gasteiger partial charge < -0.3 is 14.9 Å². The summed E-state index contributed by atoms with van der Waals surface area (Å²) in [5.41, 5.74) is -0.0515. The molecule has 0 atom stereocenters. The Morgan fingerprint density at radius 3 is 2.20 bits per heavy atom. The number of benzene rings is 2. The van der Waals surface area contributed by atoms with E-state index in [4.69, 9.17) is 4.74 Å². The van der Waals surface area contributed by atoms with Crippen LogP contribution in [0.5, 0.6) is 17.2 Å². The van der Waals surface area contributed by atoms with Crippen molar-refractivity contribution in [1.29, 1.82) is 0 Å². The van der Waals surface area contributed by atoms with Crippen molar-refractivity contribution >= 4 is 11.6 Å². The molecule has 2 N–H and O–H groups in total. The van der Waals surface area contributed by atoms with Crippen molar-refractivity contribution in [3.05, 3.63) is 53.6 Å². The predicted octanol–water partition coefficient (Wildman–Crippen LogP) is 2.17. The molecular weight excluding hydrogens is 260 g/mol. The van der Waals surface area contributed by atoms with Gasteiger partial charge in [-0.15, -0.1) is 0 Å². The standard InChI is InChI=1S/C15H12O5/c1-20-13-8-11(16)10(7-12(13)17)15(19)14(18)9-5-3-2-4-6-9/h2-8,16-17H,1H3. The molecule has 0 saturated carbocycles. The fourth-order valence-electron chi connectivity index (χ4n) is 1.75. The summed E-state index contributed by atoms with van der Waals surface area (Å²) in [6, 6.07) is 10.1. The lowest BCUT2D eigenvalue weighted by atomic mass is 10.0. The molecule has 2 rings (SSSR count). The van der Waals surface area contributed by atoms with E-state index in [0.717, 1.165) is 12.1 Å². The van der Waals surface area contributed by atoms with Gasteiger partial charge in [0.1, 0.15) is 5.75 Å². The largest absolute Gasteiger partial charge is 0.507 e. The number of carbonyl (C=O) groups excluding carboxylic acids is 2. The Labute approximate surface area is 115 Å². The lowest BCUT2D eigenvalue weighted by Gasteiger charge is -2.08. The first-order valence-electron chi connectivity index (χ1n) is 5.78. The summed E-state index contributed by atoms with van der Waals surface area (Å²) in [5, 5.41) is 19.4. The number of rotatable bonds is 4. The molecule has 0 amide bonds. The molecule has 0 aliphatic rings.